The lowest BCUT2D eigenvalue weighted by molar-refractivity contribution is 0.472. The molecular formula is C6H5N5O. The maximum Gasteiger partial charge on any atom is 0.157 e. The highest BCUT2D eigenvalue weighted by Crippen LogP contribution is 2.07. The summed E-state index contributed by atoms with van der Waals surface area (Å²) in [5, 5.41) is 19.5. The monoisotopic (exact) mass is 163 g/mol. The van der Waals surface area contributed by atoms with Crippen molar-refractivity contribution in [3.8, 4) is 11.6 Å². The minimum Gasteiger partial charge on any atom is -0.506 e. The fraction of sp³-hybridized carbons (Fsp3) is 0. The Bertz CT molecular complexity index is 354. The van der Waals surface area contributed by atoms with E-state index in [-0.39, 0.29) is 5.75 Å². The van der Waals surface area contributed by atoms with Crippen LogP contribution in [0.1, 0.15) is 0 Å². The number of tetrazole rings is 1. The SMILES string of the molecule is Oc1ccc(-n2cnnn2)nc1. The van der Waals surface area contributed by atoms with E-state index in [1.165, 1.54) is 23.3 Å². The van der Waals surface area contributed by atoms with Crippen molar-refractivity contribution >= 4 is 0 Å². The summed E-state index contributed by atoms with van der Waals surface area (Å²) >= 11 is 0. The van der Waals surface area contributed by atoms with Gasteiger partial charge in [-0.1, -0.05) is 0 Å². The molecule has 0 saturated heterocycles. The molecule has 2 aromatic rings. The zero-order valence-electron chi connectivity index (χ0n) is 5.99. The lowest BCUT2D eigenvalue weighted by atomic mass is 10.4. The molecule has 1 N–H and O–H groups in total. The second-order valence-electron chi connectivity index (χ2n) is 2.13. The van der Waals surface area contributed by atoms with E-state index in [0.29, 0.717) is 5.82 Å². The summed E-state index contributed by atoms with van der Waals surface area (Å²) in [5.41, 5.74) is 0. The molecule has 6 heteroatoms. The smallest absolute Gasteiger partial charge is 0.157 e. The zero-order chi connectivity index (χ0) is 8.39. The lowest BCUT2D eigenvalue weighted by Gasteiger charge is -1.96. The van der Waals surface area contributed by atoms with Gasteiger partial charge in [-0.2, -0.15) is 4.68 Å². The van der Waals surface area contributed by atoms with Crippen LogP contribution in [0, 0.1) is 0 Å². The molecule has 0 fully saturated rings. The maximum atomic E-state index is 8.93. The standard InChI is InChI=1S/C6H5N5O/c12-5-1-2-6(7-3-5)11-4-8-9-10-11/h1-4,12H. The molecule has 0 aliphatic rings. The third kappa shape index (κ3) is 1.09. The first-order chi connectivity index (χ1) is 5.86. The van der Waals surface area contributed by atoms with Crippen molar-refractivity contribution in [2.24, 2.45) is 0 Å². The molecule has 60 valence electrons. The van der Waals surface area contributed by atoms with Crippen LogP contribution in [0.15, 0.2) is 24.7 Å². The second-order valence-corrected chi connectivity index (χ2v) is 2.13. The van der Waals surface area contributed by atoms with E-state index >= 15 is 0 Å². The Morgan fingerprint density at radius 1 is 1.33 bits per heavy atom. The van der Waals surface area contributed by atoms with Crippen LogP contribution >= 0.6 is 0 Å². The fourth-order valence-corrected chi connectivity index (χ4v) is 0.780. The van der Waals surface area contributed by atoms with Gasteiger partial charge in [-0.15, -0.1) is 5.10 Å². The minimum atomic E-state index is 0.117. The molecule has 0 saturated carbocycles. The number of aromatic nitrogens is 5. The Morgan fingerprint density at radius 3 is 2.83 bits per heavy atom. The van der Waals surface area contributed by atoms with Gasteiger partial charge in [0.25, 0.3) is 0 Å². The second kappa shape index (κ2) is 2.57. The summed E-state index contributed by atoms with van der Waals surface area (Å²) in [6.07, 6.45) is 2.76. The van der Waals surface area contributed by atoms with E-state index in [4.69, 9.17) is 5.11 Å². The first kappa shape index (κ1) is 6.71. The topological polar surface area (TPSA) is 76.7 Å². The van der Waals surface area contributed by atoms with Gasteiger partial charge in [0.2, 0.25) is 0 Å². The molecule has 0 amide bonds. The molecule has 0 unspecified atom stereocenters. The number of aromatic hydroxyl groups is 1. The summed E-state index contributed by atoms with van der Waals surface area (Å²) in [6.45, 7) is 0. The molecule has 0 bridgehead atoms. The lowest BCUT2D eigenvalue weighted by Crippen LogP contribution is -1.97. The van der Waals surface area contributed by atoms with E-state index in [2.05, 4.69) is 20.5 Å². The van der Waals surface area contributed by atoms with Gasteiger partial charge in [0.15, 0.2) is 5.82 Å². The van der Waals surface area contributed by atoms with Crippen molar-refractivity contribution in [2.75, 3.05) is 0 Å². The van der Waals surface area contributed by atoms with Crippen LogP contribution in [0.4, 0.5) is 0 Å². The van der Waals surface area contributed by atoms with Crippen LogP contribution in [0.2, 0.25) is 0 Å². The van der Waals surface area contributed by atoms with Gasteiger partial charge in [-0.25, -0.2) is 4.98 Å². The van der Waals surface area contributed by atoms with Crippen LogP contribution < -0.4 is 0 Å². The molecule has 2 heterocycles. The van der Waals surface area contributed by atoms with Crippen LogP contribution in [0.5, 0.6) is 5.75 Å². The van der Waals surface area contributed by atoms with Crippen LogP contribution in [-0.4, -0.2) is 30.3 Å². The molecule has 0 radical (unpaired) electrons. The Kier molecular flexibility index (Phi) is 1.44. The van der Waals surface area contributed by atoms with Crippen molar-refractivity contribution in [2.45, 2.75) is 0 Å². The molecule has 0 aromatic carbocycles. The largest absolute Gasteiger partial charge is 0.506 e. The normalized spacial score (nSPS) is 10.0. The number of rotatable bonds is 1. The highest BCUT2D eigenvalue weighted by molar-refractivity contribution is 5.25. The van der Waals surface area contributed by atoms with Crippen LogP contribution in [0.3, 0.4) is 0 Å². The maximum absolute atomic E-state index is 8.93. The van der Waals surface area contributed by atoms with E-state index in [1.807, 2.05) is 0 Å². The van der Waals surface area contributed by atoms with Gasteiger partial charge >= 0.3 is 0 Å². The third-order valence-electron chi connectivity index (χ3n) is 1.32. The molecule has 0 aliphatic carbocycles. The third-order valence-corrected chi connectivity index (χ3v) is 1.32. The zero-order valence-corrected chi connectivity index (χ0v) is 5.99. The molecule has 12 heavy (non-hydrogen) atoms. The molecule has 0 atom stereocenters. The highest BCUT2D eigenvalue weighted by atomic mass is 16.3. The molecule has 6 nitrogen and oxygen atoms in total. The summed E-state index contributed by atoms with van der Waals surface area (Å²) in [4.78, 5) is 3.89. The van der Waals surface area contributed by atoms with E-state index in [1.54, 1.807) is 6.07 Å². The van der Waals surface area contributed by atoms with E-state index < -0.39 is 0 Å². The predicted molar refractivity (Wildman–Crippen MR) is 38.6 cm³/mol. The van der Waals surface area contributed by atoms with Gasteiger partial charge in [0.1, 0.15) is 12.1 Å². The van der Waals surface area contributed by atoms with Gasteiger partial charge in [0, 0.05) is 0 Å². The van der Waals surface area contributed by atoms with Gasteiger partial charge < -0.3 is 5.11 Å². The molecular weight excluding hydrogens is 158 g/mol. The van der Waals surface area contributed by atoms with Crippen molar-refractivity contribution < 1.29 is 5.11 Å². The van der Waals surface area contributed by atoms with Crippen molar-refractivity contribution in [1.82, 2.24) is 25.2 Å². The first-order valence-electron chi connectivity index (χ1n) is 3.24. The Hall–Kier alpha value is -1.98. The van der Waals surface area contributed by atoms with Crippen LogP contribution in [-0.2, 0) is 0 Å². The fourth-order valence-electron chi connectivity index (χ4n) is 0.780. The average Bonchev–Trinajstić information content (AvgIpc) is 2.58. The van der Waals surface area contributed by atoms with Gasteiger partial charge in [-0.3, -0.25) is 0 Å². The Balaban J connectivity index is 2.43. The number of hydrogen-bond acceptors (Lipinski definition) is 5. The first-order valence-corrected chi connectivity index (χ1v) is 3.24. The minimum absolute atomic E-state index is 0.117. The molecule has 2 aromatic heterocycles. The van der Waals surface area contributed by atoms with Crippen LogP contribution in [0.25, 0.3) is 5.82 Å². The highest BCUT2D eigenvalue weighted by Gasteiger charge is 1.97. The van der Waals surface area contributed by atoms with Crippen molar-refractivity contribution in [1.29, 1.82) is 0 Å². The summed E-state index contributed by atoms with van der Waals surface area (Å²) in [7, 11) is 0. The van der Waals surface area contributed by atoms with Crippen molar-refractivity contribution in [3.63, 3.8) is 0 Å². The Labute approximate surface area is 67.5 Å². The van der Waals surface area contributed by atoms with Gasteiger partial charge in [-0.05, 0) is 22.6 Å². The number of nitrogens with zero attached hydrogens (tertiary/aromatic N) is 5. The number of pyridine rings is 1. The predicted octanol–water partition coefficient (Wildman–Crippen LogP) is -0.237. The summed E-state index contributed by atoms with van der Waals surface area (Å²) in [5.74, 6) is 0.685. The van der Waals surface area contributed by atoms with E-state index in [0.717, 1.165) is 0 Å². The van der Waals surface area contributed by atoms with Gasteiger partial charge in [0.05, 0.1) is 6.20 Å². The quantitative estimate of drug-likeness (QED) is 0.628. The average molecular weight is 163 g/mol. The summed E-state index contributed by atoms with van der Waals surface area (Å²) < 4.78 is 1.40. The molecule has 0 aliphatic heterocycles. The number of hydrogen-bond donors (Lipinski definition) is 1. The van der Waals surface area contributed by atoms with Crippen molar-refractivity contribution in [3.05, 3.63) is 24.7 Å². The summed E-state index contributed by atoms with van der Waals surface area (Å²) in [6, 6.07) is 3.13. The molecule has 0 spiro atoms. The van der Waals surface area contributed by atoms with E-state index in [9.17, 15) is 0 Å². The molecule has 2 rings (SSSR count). The Morgan fingerprint density at radius 2 is 2.25 bits per heavy atom.